The summed E-state index contributed by atoms with van der Waals surface area (Å²) < 4.78 is 11.3. The van der Waals surface area contributed by atoms with E-state index in [0.717, 1.165) is 22.9 Å². The SMILES string of the molecule is Cc1cc(OCC2COCC(C)(C)N2)ccc1Cl. The highest BCUT2D eigenvalue weighted by atomic mass is 35.5. The molecule has 0 saturated carbocycles. The summed E-state index contributed by atoms with van der Waals surface area (Å²) in [6, 6.07) is 5.94. The van der Waals surface area contributed by atoms with Gasteiger partial charge in [-0.05, 0) is 44.5 Å². The van der Waals surface area contributed by atoms with Crippen LogP contribution in [0.4, 0.5) is 0 Å². The molecule has 0 aromatic heterocycles. The zero-order chi connectivity index (χ0) is 13.2. The van der Waals surface area contributed by atoms with Crippen molar-refractivity contribution in [1.29, 1.82) is 0 Å². The quantitative estimate of drug-likeness (QED) is 0.915. The Bertz CT molecular complexity index is 420. The molecule has 1 aliphatic rings. The maximum absolute atomic E-state index is 5.98. The third kappa shape index (κ3) is 3.61. The van der Waals surface area contributed by atoms with Crippen LogP contribution in [0.15, 0.2) is 18.2 Å². The molecular formula is C14H20ClNO2. The average Bonchev–Trinajstić information content (AvgIpc) is 2.29. The fourth-order valence-corrected chi connectivity index (χ4v) is 2.20. The molecule has 0 radical (unpaired) electrons. The number of morpholine rings is 1. The molecule has 1 heterocycles. The van der Waals surface area contributed by atoms with E-state index in [9.17, 15) is 0 Å². The summed E-state index contributed by atoms with van der Waals surface area (Å²) in [4.78, 5) is 0. The normalized spacial score (nSPS) is 22.8. The lowest BCUT2D eigenvalue weighted by atomic mass is 10.0. The van der Waals surface area contributed by atoms with Crippen LogP contribution in [0.25, 0.3) is 0 Å². The van der Waals surface area contributed by atoms with Gasteiger partial charge in [0.25, 0.3) is 0 Å². The molecule has 3 nitrogen and oxygen atoms in total. The van der Waals surface area contributed by atoms with Crippen molar-refractivity contribution in [2.75, 3.05) is 19.8 Å². The number of halogens is 1. The summed E-state index contributed by atoms with van der Waals surface area (Å²) in [7, 11) is 0. The maximum atomic E-state index is 5.98. The third-order valence-electron chi connectivity index (χ3n) is 2.96. The molecule has 1 aromatic carbocycles. The molecular weight excluding hydrogens is 250 g/mol. The van der Waals surface area contributed by atoms with Crippen LogP contribution in [0.1, 0.15) is 19.4 Å². The molecule has 4 heteroatoms. The van der Waals surface area contributed by atoms with Crippen LogP contribution in [0.2, 0.25) is 5.02 Å². The fourth-order valence-electron chi connectivity index (χ4n) is 2.09. The Hall–Kier alpha value is -0.770. The Labute approximate surface area is 113 Å². The Morgan fingerprint density at radius 3 is 2.94 bits per heavy atom. The minimum atomic E-state index is 0.0161. The van der Waals surface area contributed by atoms with E-state index < -0.39 is 0 Å². The van der Waals surface area contributed by atoms with Gasteiger partial charge in [0.2, 0.25) is 0 Å². The lowest BCUT2D eigenvalue weighted by Gasteiger charge is -2.36. The van der Waals surface area contributed by atoms with Gasteiger partial charge in [-0.3, -0.25) is 0 Å². The summed E-state index contributed by atoms with van der Waals surface area (Å²) in [5.74, 6) is 0.849. The van der Waals surface area contributed by atoms with E-state index in [1.54, 1.807) is 0 Å². The van der Waals surface area contributed by atoms with E-state index in [4.69, 9.17) is 21.1 Å². The van der Waals surface area contributed by atoms with Crippen molar-refractivity contribution in [3.63, 3.8) is 0 Å². The first-order valence-corrected chi connectivity index (χ1v) is 6.58. The minimum Gasteiger partial charge on any atom is -0.492 e. The second-order valence-electron chi connectivity index (χ2n) is 5.46. The number of benzene rings is 1. The van der Waals surface area contributed by atoms with Gasteiger partial charge < -0.3 is 14.8 Å². The van der Waals surface area contributed by atoms with E-state index in [1.165, 1.54) is 0 Å². The Morgan fingerprint density at radius 1 is 1.50 bits per heavy atom. The summed E-state index contributed by atoms with van der Waals surface area (Å²) in [5.41, 5.74) is 1.05. The van der Waals surface area contributed by atoms with E-state index in [1.807, 2.05) is 25.1 Å². The second-order valence-corrected chi connectivity index (χ2v) is 5.87. The first kappa shape index (κ1) is 13.7. The van der Waals surface area contributed by atoms with Crippen molar-refractivity contribution in [3.8, 4) is 5.75 Å². The van der Waals surface area contributed by atoms with E-state index >= 15 is 0 Å². The molecule has 100 valence electrons. The number of hydrogen-bond donors (Lipinski definition) is 1. The molecule has 2 rings (SSSR count). The summed E-state index contributed by atoms with van der Waals surface area (Å²) in [6.45, 7) is 8.27. The van der Waals surface area contributed by atoms with Crippen molar-refractivity contribution in [3.05, 3.63) is 28.8 Å². The summed E-state index contributed by atoms with van der Waals surface area (Å²) in [5, 5.41) is 4.28. The van der Waals surface area contributed by atoms with Crippen LogP contribution in [0, 0.1) is 6.92 Å². The van der Waals surface area contributed by atoms with Gasteiger partial charge in [0, 0.05) is 10.6 Å². The second kappa shape index (κ2) is 5.47. The van der Waals surface area contributed by atoms with Crippen LogP contribution < -0.4 is 10.1 Å². The van der Waals surface area contributed by atoms with Gasteiger partial charge in [-0.15, -0.1) is 0 Å². The number of ether oxygens (including phenoxy) is 2. The lowest BCUT2D eigenvalue weighted by Crippen LogP contribution is -2.57. The predicted molar refractivity (Wildman–Crippen MR) is 73.5 cm³/mol. The number of hydrogen-bond acceptors (Lipinski definition) is 3. The molecule has 1 atom stereocenters. The number of aryl methyl sites for hydroxylation is 1. The smallest absolute Gasteiger partial charge is 0.119 e. The van der Waals surface area contributed by atoms with Gasteiger partial charge in [-0.2, -0.15) is 0 Å². The molecule has 0 aliphatic carbocycles. The van der Waals surface area contributed by atoms with Crippen LogP contribution in [0.3, 0.4) is 0 Å². The molecule has 1 fully saturated rings. The maximum Gasteiger partial charge on any atom is 0.119 e. The van der Waals surface area contributed by atoms with E-state index in [2.05, 4.69) is 19.2 Å². The van der Waals surface area contributed by atoms with Crippen molar-refractivity contribution in [2.24, 2.45) is 0 Å². The van der Waals surface area contributed by atoms with Gasteiger partial charge in [0.15, 0.2) is 0 Å². The van der Waals surface area contributed by atoms with Crippen molar-refractivity contribution in [1.82, 2.24) is 5.32 Å². The molecule has 0 bridgehead atoms. The predicted octanol–water partition coefficient (Wildman–Crippen LogP) is 2.79. The summed E-state index contributed by atoms with van der Waals surface area (Å²) in [6.07, 6.45) is 0. The summed E-state index contributed by atoms with van der Waals surface area (Å²) >= 11 is 5.98. The van der Waals surface area contributed by atoms with Crippen LogP contribution in [0.5, 0.6) is 5.75 Å². The fraction of sp³-hybridized carbons (Fsp3) is 0.571. The topological polar surface area (TPSA) is 30.5 Å². The highest BCUT2D eigenvalue weighted by Crippen LogP contribution is 2.21. The van der Waals surface area contributed by atoms with Gasteiger partial charge >= 0.3 is 0 Å². The highest BCUT2D eigenvalue weighted by molar-refractivity contribution is 6.31. The van der Waals surface area contributed by atoms with E-state index in [-0.39, 0.29) is 11.6 Å². The Kier molecular flexibility index (Phi) is 4.15. The Morgan fingerprint density at radius 2 is 2.28 bits per heavy atom. The van der Waals surface area contributed by atoms with Gasteiger partial charge in [-0.25, -0.2) is 0 Å². The largest absolute Gasteiger partial charge is 0.492 e. The van der Waals surface area contributed by atoms with Crippen LogP contribution in [-0.2, 0) is 4.74 Å². The monoisotopic (exact) mass is 269 g/mol. The highest BCUT2D eigenvalue weighted by Gasteiger charge is 2.27. The van der Waals surface area contributed by atoms with E-state index in [0.29, 0.717) is 13.2 Å². The third-order valence-corrected chi connectivity index (χ3v) is 3.38. The van der Waals surface area contributed by atoms with Gasteiger partial charge in [0.05, 0.1) is 19.3 Å². The number of nitrogens with one attached hydrogen (secondary N) is 1. The van der Waals surface area contributed by atoms with Gasteiger partial charge in [-0.1, -0.05) is 11.6 Å². The van der Waals surface area contributed by atoms with Crippen molar-refractivity contribution < 1.29 is 9.47 Å². The first-order valence-electron chi connectivity index (χ1n) is 6.21. The zero-order valence-electron chi connectivity index (χ0n) is 11.1. The molecule has 1 saturated heterocycles. The lowest BCUT2D eigenvalue weighted by molar-refractivity contribution is 0.000944. The number of rotatable bonds is 3. The van der Waals surface area contributed by atoms with Gasteiger partial charge in [0.1, 0.15) is 12.4 Å². The Balaban J connectivity index is 1.89. The zero-order valence-corrected chi connectivity index (χ0v) is 11.9. The molecule has 1 aliphatic heterocycles. The molecule has 1 N–H and O–H groups in total. The minimum absolute atomic E-state index is 0.0161. The average molecular weight is 270 g/mol. The van der Waals surface area contributed by atoms with Crippen molar-refractivity contribution >= 4 is 11.6 Å². The van der Waals surface area contributed by atoms with Crippen LogP contribution >= 0.6 is 11.6 Å². The van der Waals surface area contributed by atoms with Crippen LogP contribution in [-0.4, -0.2) is 31.4 Å². The molecule has 1 aromatic rings. The first-order chi connectivity index (χ1) is 8.46. The standard InChI is InChI=1S/C14H20ClNO2/c1-10-6-12(4-5-13(10)15)18-8-11-7-17-9-14(2,3)16-11/h4-6,11,16H,7-9H2,1-3H3. The molecule has 18 heavy (non-hydrogen) atoms. The molecule has 1 unspecified atom stereocenters. The molecule has 0 amide bonds. The van der Waals surface area contributed by atoms with Crippen molar-refractivity contribution in [2.45, 2.75) is 32.4 Å². The molecule has 0 spiro atoms.